The Morgan fingerprint density at radius 2 is 1.89 bits per heavy atom. The van der Waals surface area contributed by atoms with E-state index in [0.29, 0.717) is 36.4 Å². The van der Waals surface area contributed by atoms with Crippen LogP contribution in [-0.2, 0) is 28.9 Å². The fraction of sp³-hybridized carbons (Fsp3) is 0.200. The van der Waals surface area contributed by atoms with Gasteiger partial charge in [0.15, 0.2) is 0 Å². The topological polar surface area (TPSA) is 108 Å². The number of nitrogens with zero attached hydrogens (tertiary/aromatic N) is 3. The van der Waals surface area contributed by atoms with Gasteiger partial charge >= 0.3 is 6.18 Å². The SMILES string of the molecule is C=CC(=O)Nc1cccc(Nc2nc(Nc3ccc4c(c3OC)CN(C(C)=O)C4)ncc2C(F)(F)F)c1. The van der Waals surface area contributed by atoms with Crippen molar-refractivity contribution in [2.75, 3.05) is 23.1 Å². The van der Waals surface area contributed by atoms with Crippen LogP contribution in [0.1, 0.15) is 23.6 Å². The fourth-order valence-electron chi connectivity index (χ4n) is 3.87. The molecule has 3 aromatic rings. The molecule has 2 aromatic carbocycles. The van der Waals surface area contributed by atoms with Crippen molar-refractivity contribution in [3.05, 3.63) is 71.9 Å². The summed E-state index contributed by atoms with van der Waals surface area (Å²) in [6.07, 6.45) is -2.97. The zero-order valence-electron chi connectivity index (χ0n) is 19.9. The molecule has 1 aliphatic rings. The van der Waals surface area contributed by atoms with E-state index in [1.807, 2.05) is 6.07 Å². The minimum absolute atomic E-state index is 0.0809. The van der Waals surface area contributed by atoms with Crippen LogP contribution >= 0.6 is 0 Å². The summed E-state index contributed by atoms with van der Waals surface area (Å²) < 4.78 is 46.7. The Hall–Kier alpha value is -4.61. The molecule has 0 spiro atoms. The van der Waals surface area contributed by atoms with Gasteiger partial charge in [-0.2, -0.15) is 18.2 Å². The van der Waals surface area contributed by atoms with Crippen LogP contribution in [0.5, 0.6) is 5.75 Å². The molecule has 2 heterocycles. The Labute approximate surface area is 210 Å². The van der Waals surface area contributed by atoms with Gasteiger partial charge in [0, 0.05) is 36.6 Å². The van der Waals surface area contributed by atoms with Gasteiger partial charge in [-0.15, -0.1) is 0 Å². The standard InChI is InChI=1S/C25H23F3N6O3/c1-4-21(36)30-16-6-5-7-17(10-16)31-23-19(25(26,27)28)11-29-24(33-23)32-20-9-8-15-12-34(14(2)35)13-18(15)22(20)37-3/h4-11H,1,12-13H2,2-3H3,(H,30,36)(H2,29,31,32,33). The second-order valence-corrected chi connectivity index (χ2v) is 8.14. The van der Waals surface area contributed by atoms with Crippen molar-refractivity contribution in [2.45, 2.75) is 26.2 Å². The molecule has 1 aromatic heterocycles. The average molecular weight is 512 g/mol. The molecule has 12 heteroatoms. The lowest BCUT2D eigenvalue weighted by atomic mass is 10.1. The summed E-state index contributed by atoms with van der Waals surface area (Å²) in [6, 6.07) is 9.65. The Morgan fingerprint density at radius 3 is 2.57 bits per heavy atom. The Balaban J connectivity index is 1.66. The van der Waals surface area contributed by atoms with Crippen LogP contribution in [0, 0.1) is 0 Å². The molecule has 0 atom stereocenters. The molecule has 0 bridgehead atoms. The van der Waals surface area contributed by atoms with E-state index in [1.165, 1.54) is 26.2 Å². The Kier molecular flexibility index (Phi) is 7.00. The highest BCUT2D eigenvalue weighted by atomic mass is 19.4. The predicted molar refractivity (Wildman–Crippen MR) is 132 cm³/mol. The lowest BCUT2D eigenvalue weighted by Crippen LogP contribution is -2.21. The fourth-order valence-corrected chi connectivity index (χ4v) is 3.87. The van der Waals surface area contributed by atoms with E-state index in [1.54, 1.807) is 23.1 Å². The third-order valence-electron chi connectivity index (χ3n) is 5.64. The summed E-state index contributed by atoms with van der Waals surface area (Å²) in [5.41, 5.74) is 1.70. The molecule has 0 aliphatic carbocycles. The molecule has 37 heavy (non-hydrogen) atoms. The summed E-state index contributed by atoms with van der Waals surface area (Å²) in [5, 5.41) is 8.13. The van der Waals surface area contributed by atoms with Gasteiger partial charge in [-0.05, 0) is 35.9 Å². The number of anilines is 5. The number of aromatic nitrogens is 2. The summed E-state index contributed by atoms with van der Waals surface area (Å²) in [5.74, 6) is -0.685. The van der Waals surface area contributed by atoms with Crippen molar-refractivity contribution in [1.29, 1.82) is 0 Å². The van der Waals surface area contributed by atoms with Crippen LogP contribution in [0.4, 0.5) is 42.0 Å². The second-order valence-electron chi connectivity index (χ2n) is 8.14. The number of hydrogen-bond acceptors (Lipinski definition) is 7. The van der Waals surface area contributed by atoms with E-state index in [0.717, 1.165) is 17.2 Å². The Morgan fingerprint density at radius 1 is 1.14 bits per heavy atom. The van der Waals surface area contributed by atoms with E-state index in [4.69, 9.17) is 4.74 Å². The predicted octanol–water partition coefficient (Wildman–Crippen LogP) is 4.98. The number of carbonyl (C=O) groups is 2. The van der Waals surface area contributed by atoms with E-state index >= 15 is 0 Å². The molecular weight excluding hydrogens is 489 g/mol. The maximum Gasteiger partial charge on any atom is 0.421 e. The van der Waals surface area contributed by atoms with Gasteiger partial charge in [0.1, 0.15) is 17.1 Å². The molecule has 0 saturated heterocycles. The number of alkyl halides is 3. The van der Waals surface area contributed by atoms with E-state index in [2.05, 4.69) is 32.5 Å². The van der Waals surface area contributed by atoms with E-state index in [-0.39, 0.29) is 17.5 Å². The zero-order valence-corrected chi connectivity index (χ0v) is 19.9. The third kappa shape index (κ3) is 5.63. The van der Waals surface area contributed by atoms with Crippen molar-refractivity contribution in [3.8, 4) is 5.75 Å². The van der Waals surface area contributed by atoms with E-state index < -0.39 is 23.5 Å². The molecule has 0 unspecified atom stereocenters. The molecule has 9 nitrogen and oxygen atoms in total. The van der Waals surface area contributed by atoms with Crippen molar-refractivity contribution in [3.63, 3.8) is 0 Å². The lowest BCUT2D eigenvalue weighted by Gasteiger charge is -2.17. The van der Waals surface area contributed by atoms with Gasteiger partial charge < -0.3 is 25.6 Å². The first-order chi connectivity index (χ1) is 17.6. The van der Waals surface area contributed by atoms with Crippen molar-refractivity contribution in [1.82, 2.24) is 14.9 Å². The van der Waals surface area contributed by atoms with Crippen LogP contribution in [0.2, 0.25) is 0 Å². The van der Waals surface area contributed by atoms with Crippen LogP contribution < -0.4 is 20.7 Å². The zero-order chi connectivity index (χ0) is 26.7. The normalized spacial score (nSPS) is 12.5. The van der Waals surface area contributed by atoms with Crippen LogP contribution in [0.25, 0.3) is 0 Å². The molecule has 0 radical (unpaired) electrons. The number of nitrogens with one attached hydrogen (secondary N) is 3. The smallest absolute Gasteiger partial charge is 0.421 e. The largest absolute Gasteiger partial charge is 0.494 e. The number of amides is 2. The lowest BCUT2D eigenvalue weighted by molar-refractivity contribution is -0.137. The molecule has 3 N–H and O–H groups in total. The minimum atomic E-state index is -4.73. The molecule has 0 fully saturated rings. The number of hydrogen-bond donors (Lipinski definition) is 3. The highest BCUT2D eigenvalue weighted by Crippen LogP contribution is 2.39. The summed E-state index contributed by atoms with van der Waals surface area (Å²) in [7, 11) is 1.47. The first-order valence-electron chi connectivity index (χ1n) is 11.0. The molecule has 192 valence electrons. The number of methoxy groups -OCH3 is 1. The Bertz CT molecular complexity index is 1380. The van der Waals surface area contributed by atoms with Crippen molar-refractivity contribution in [2.24, 2.45) is 0 Å². The number of rotatable bonds is 7. The van der Waals surface area contributed by atoms with Gasteiger partial charge in [-0.25, -0.2) is 4.98 Å². The molecule has 1 aliphatic heterocycles. The highest BCUT2D eigenvalue weighted by molar-refractivity contribution is 5.99. The van der Waals surface area contributed by atoms with E-state index in [9.17, 15) is 22.8 Å². The van der Waals surface area contributed by atoms with Crippen molar-refractivity contribution >= 4 is 40.6 Å². The van der Waals surface area contributed by atoms with Gasteiger partial charge in [-0.1, -0.05) is 18.7 Å². The maximum absolute atomic E-state index is 13.7. The minimum Gasteiger partial charge on any atom is -0.494 e. The van der Waals surface area contributed by atoms with Gasteiger partial charge in [0.25, 0.3) is 0 Å². The maximum atomic E-state index is 13.7. The highest BCUT2D eigenvalue weighted by Gasteiger charge is 2.35. The average Bonchev–Trinajstić information content (AvgIpc) is 3.28. The number of halogens is 3. The second kappa shape index (κ2) is 10.2. The number of benzene rings is 2. The summed E-state index contributed by atoms with van der Waals surface area (Å²) in [4.78, 5) is 33.0. The molecular formula is C25H23F3N6O3. The van der Waals surface area contributed by atoms with Crippen LogP contribution in [-0.4, -0.2) is 33.8 Å². The van der Waals surface area contributed by atoms with Crippen molar-refractivity contribution < 1.29 is 27.5 Å². The monoisotopic (exact) mass is 512 g/mol. The van der Waals surface area contributed by atoms with Crippen LogP contribution in [0.3, 0.4) is 0 Å². The molecule has 0 saturated carbocycles. The quantitative estimate of drug-likeness (QED) is 0.383. The first-order valence-corrected chi connectivity index (χ1v) is 11.0. The third-order valence-corrected chi connectivity index (χ3v) is 5.64. The van der Waals surface area contributed by atoms with Gasteiger partial charge in [-0.3, -0.25) is 9.59 Å². The summed E-state index contributed by atoms with van der Waals surface area (Å²) in [6.45, 7) is 5.64. The number of carbonyl (C=O) groups excluding carboxylic acids is 2. The van der Waals surface area contributed by atoms with Gasteiger partial charge in [0.2, 0.25) is 17.8 Å². The summed E-state index contributed by atoms with van der Waals surface area (Å²) >= 11 is 0. The number of ether oxygens (including phenoxy) is 1. The number of fused-ring (bicyclic) bond motifs is 1. The van der Waals surface area contributed by atoms with Crippen LogP contribution in [0.15, 0.2) is 55.3 Å². The molecule has 4 rings (SSSR count). The van der Waals surface area contributed by atoms with Gasteiger partial charge in [0.05, 0.1) is 19.3 Å². The molecule has 2 amide bonds. The first kappa shape index (κ1) is 25.5.